The van der Waals surface area contributed by atoms with Gasteiger partial charge in [-0.05, 0) is 54.7 Å². The first-order valence-electron chi connectivity index (χ1n) is 6.24. The lowest BCUT2D eigenvalue weighted by Gasteiger charge is -2.14. The van der Waals surface area contributed by atoms with Crippen molar-refractivity contribution in [3.8, 4) is 0 Å². The maximum absolute atomic E-state index is 13.0. The molecule has 0 bridgehead atoms. The van der Waals surface area contributed by atoms with Gasteiger partial charge in [0, 0.05) is 11.1 Å². The minimum atomic E-state index is -0.341. The van der Waals surface area contributed by atoms with Gasteiger partial charge in [0.1, 0.15) is 5.82 Å². The maximum Gasteiger partial charge on any atom is 0.124 e. The summed E-state index contributed by atoms with van der Waals surface area (Å²) >= 11 is 6.03. The third-order valence-corrected chi connectivity index (χ3v) is 3.72. The van der Waals surface area contributed by atoms with Crippen molar-refractivity contribution in [2.45, 2.75) is 26.3 Å². The molecule has 0 amide bonds. The fourth-order valence-corrected chi connectivity index (χ4v) is 2.40. The van der Waals surface area contributed by atoms with E-state index in [9.17, 15) is 4.39 Å². The molecular weight excluding hydrogens is 261 g/mol. The fourth-order valence-electron chi connectivity index (χ4n) is 2.10. The molecule has 2 rings (SSSR count). The highest BCUT2D eigenvalue weighted by Gasteiger charge is 2.12. The molecule has 0 aliphatic heterocycles. The number of rotatable bonds is 3. The molecule has 0 heterocycles. The lowest BCUT2D eigenvalue weighted by molar-refractivity contribution is 0.624. The average Bonchev–Trinajstić information content (AvgIpc) is 2.33. The van der Waals surface area contributed by atoms with Crippen LogP contribution in [-0.2, 0) is 6.42 Å². The molecule has 1 nitrogen and oxygen atoms in total. The summed E-state index contributed by atoms with van der Waals surface area (Å²) in [6.45, 7) is 4.16. The zero-order chi connectivity index (χ0) is 14.0. The van der Waals surface area contributed by atoms with Crippen LogP contribution in [0.4, 0.5) is 4.39 Å². The van der Waals surface area contributed by atoms with Crippen LogP contribution in [0.1, 0.15) is 28.3 Å². The van der Waals surface area contributed by atoms with Crippen molar-refractivity contribution in [3.63, 3.8) is 0 Å². The monoisotopic (exact) mass is 277 g/mol. The largest absolute Gasteiger partial charge is 0.324 e. The summed E-state index contributed by atoms with van der Waals surface area (Å²) in [5.41, 5.74) is 10.6. The standard InChI is InChI=1S/C16H17ClFN/c1-10-3-4-12(7-11(10)2)8-16(19)14-6-5-13(18)9-15(14)17/h3-7,9,16H,8,19H2,1-2H3. The van der Waals surface area contributed by atoms with Gasteiger partial charge in [-0.2, -0.15) is 0 Å². The SMILES string of the molecule is Cc1ccc(CC(N)c2ccc(F)cc2Cl)cc1C. The Morgan fingerprint density at radius 3 is 2.47 bits per heavy atom. The number of hydrogen-bond donors (Lipinski definition) is 1. The second kappa shape index (κ2) is 5.72. The lowest BCUT2D eigenvalue weighted by Crippen LogP contribution is -2.14. The lowest BCUT2D eigenvalue weighted by atomic mass is 9.97. The van der Waals surface area contributed by atoms with Gasteiger partial charge in [0.2, 0.25) is 0 Å². The number of nitrogens with two attached hydrogens (primary N) is 1. The van der Waals surface area contributed by atoms with E-state index in [4.69, 9.17) is 17.3 Å². The number of benzene rings is 2. The van der Waals surface area contributed by atoms with Crippen LogP contribution in [-0.4, -0.2) is 0 Å². The van der Waals surface area contributed by atoms with Crippen LogP contribution in [0.25, 0.3) is 0 Å². The summed E-state index contributed by atoms with van der Waals surface area (Å²) < 4.78 is 13.0. The van der Waals surface area contributed by atoms with Gasteiger partial charge in [0.15, 0.2) is 0 Å². The molecule has 100 valence electrons. The number of hydrogen-bond acceptors (Lipinski definition) is 1. The summed E-state index contributed by atoms with van der Waals surface area (Å²) in [5.74, 6) is -0.341. The number of halogens is 2. The van der Waals surface area contributed by atoms with Crippen LogP contribution in [0.15, 0.2) is 36.4 Å². The van der Waals surface area contributed by atoms with Crippen LogP contribution in [0, 0.1) is 19.7 Å². The van der Waals surface area contributed by atoms with E-state index in [1.165, 1.54) is 23.3 Å². The van der Waals surface area contributed by atoms with Crippen molar-refractivity contribution >= 4 is 11.6 Å². The van der Waals surface area contributed by atoms with E-state index in [1.807, 2.05) is 0 Å². The third kappa shape index (κ3) is 3.34. The Balaban J connectivity index is 2.20. The van der Waals surface area contributed by atoms with Gasteiger partial charge in [-0.1, -0.05) is 35.9 Å². The predicted octanol–water partition coefficient (Wildman–Crippen LogP) is 4.34. The molecule has 0 radical (unpaired) electrons. The fraction of sp³-hybridized carbons (Fsp3) is 0.250. The van der Waals surface area contributed by atoms with E-state index in [-0.39, 0.29) is 11.9 Å². The Morgan fingerprint density at radius 1 is 1.11 bits per heavy atom. The molecule has 0 aliphatic carbocycles. The van der Waals surface area contributed by atoms with E-state index in [2.05, 4.69) is 32.0 Å². The minimum absolute atomic E-state index is 0.227. The van der Waals surface area contributed by atoms with Gasteiger partial charge in [-0.25, -0.2) is 4.39 Å². The van der Waals surface area contributed by atoms with Gasteiger partial charge >= 0.3 is 0 Å². The van der Waals surface area contributed by atoms with Crippen molar-refractivity contribution in [1.82, 2.24) is 0 Å². The highest BCUT2D eigenvalue weighted by molar-refractivity contribution is 6.31. The molecule has 0 spiro atoms. The highest BCUT2D eigenvalue weighted by atomic mass is 35.5. The highest BCUT2D eigenvalue weighted by Crippen LogP contribution is 2.25. The molecule has 3 heteroatoms. The van der Waals surface area contributed by atoms with Crippen molar-refractivity contribution in [2.24, 2.45) is 5.73 Å². The Bertz CT molecular complexity index is 595. The molecule has 1 unspecified atom stereocenters. The minimum Gasteiger partial charge on any atom is -0.324 e. The molecule has 2 N–H and O–H groups in total. The first-order valence-corrected chi connectivity index (χ1v) is 6.62. The molecule has 0 saturated heterocycles. The quantitative estimate of drug-likeness (QED) is 0.887. The van der Waals surface area contributed by atoms with Gasteiger partial charge in [-0.3, -0.25) is 0 Å². The summed E-state index contributed by atoms with van der Waals surface area (Å²) in [6.07, 6.45) is 0.687. The molecule has 0 fully saturated rings. The topological polar surface area (TPSA) is 26.0 Å². The molecule has 19 heavy (non-hydrogen) atoms. The van der Waals surface area contributed by atoms with E-state index in [0.717, 1.165) is 11.1 Å². The third-order valence-electron chi connectivity index (χ3n) is 3.39. The normalized spacial score (nSPS) is 12.5. The predicted molar refractivity (Wildman–Crippen MR) is 78.0 cm³/mol. The summed E-state index contributed by atoms with van der Waals surface area (Å²) in [7, 11) is 0. The Labute approximate surface area is 118 Å². The smallest absolute Gasteiger partial charge is 0.124 e. The Hall–Kier alpha value is -1.38. The van der Waals surface area contributed by atoms with Crippen molar-refractivity contribution in [3.05, 3.63) is 69.5 Å². The van der Waals surface area contributed by atoms with Gasteiger partial charge in [0.25, 0.3) is 0 Å². The van der Waals surface area contributed by atoms with Crippen LogP contribution >= 0.6 is 11.6 Å². The Kier molecular flexibility index (Phi) is 4.23. The zero-order valence-electron chi connectivity index (χ0n) is 11.1. The maximum atomic E-state index is 13.0. The molecule has 0 aromatic heterocycles. The van der Waals surface area contributed by atoms with Crippen LogP contribution in [0.3, 0.4) is 0 Å². The summed E-state index contributed by atoms with van der Waals surface area (Å²) in [6, 6.07) is 10.4. The van der Waals surface area contributed by atoms with E-state index in [0.29, 0.717) is 11.4 Å². The second-order valence-corrected chi connectivity index (χ2v) is 5.30. The number of aryl methyl sites for hydroxylation is 2. The molecule has 2 aromatic rings. The Morgan fingerprint density at radius 2 is 1.84 bits per heavy atom. The van der Waals surface area contributed by atoms with E-state index >= 15 is 0 Å². The van der Waals surface area contributed by atoms with Gasteiger partial charge in [0.05, 0.1) is 0 Å². The van der Waals surface area contributed by atoms with Gasteiger partial charge in [-0.15, -0.1) is 0 Å². The van der Waals surface area contributed by atoms with Crippen molar-refractivity contribution in [1.29, 1.82) is 0 Å². The van der Waals surface area contributed by atoms with Crippen LogP contribution in [0.2, 0.25) is 5.02 Å². The molecule has 2 aromatic carbocycles. The molecule has 1 atom stereocenters. The first-order chi connectivity index (χ1) is 8.97. The average molecular weight is 278 g/mol. The first kappa shape index (κ1) is 14.0. The van der Waals surface area contributed by atoms with E-state index < -0.39 is 0 Å². The van der Waals surface area contributed by atoms with Gasteiger partial charge < -0.3 is 5.73 Å². The molecular formula is C16H17ClFN. The molecule has 0 saturated carbocycles. The van der Waals surface area contributed by atoms with E-state index in [1.54, 1.807) is 6.07 Å². The van der Waals surface area contributed by atoms with Crippen LogP contribution in [0.5, 0.6) is 0 Å². The van der Waals surface area contributed by atoms with Crippen molar-refractivity contribution in [2.75, 3.05) is 0 Å². The van der Waals surface area contributed by atoms with Crippen LogP contribution < -0.4 is 5.73 Å². The summed E-state index contributed by atoms with van der Waals surface area (Å²) in [4.78, 5) is 0. The zero-order valence-corrected chi connectivity index (χ0v) is 11.8. The van der Waals surface area contributed by atoms with Crippen molar-refractivity contribution < 1.29 is 4.39 Å². The summed E-state index contributed by atoms with van der Waals surface area (Å²) in [5, 5.41) is 0.385. The molecule has 0 aliphatic rings. The second-order valence-electron chi connectivity index (χ2n) is 4.90.